The summed E-state index contributed by atoms with van der Waals surface area (Å²) in [6.45, 7) is 4.26. The summed E-state index contributed by atoms with van der Waals surface area (Å²) in [7, 11) is 0. The smallest absolute Gasteiger partial charge is 0.319 e. The van der Waals surface area contributed by atoms with Crippen LogP contribution in [0.25, 0.3) is 0 Å². The van der Waals surface area contributed by atoms with Gasteiger partial charge < -0.3 is 21.3 Å². The number of benzene rings is 2. The maximum atomic E-state index is 12.2. The Morgan fingerprint density at radius 2 is 1.67 bits per heavy atom. The predicted octanol–water partition coefficient (Wildman–Crippen LogP) is 2.90. The minimum Gasteiger partial charge on any atom is -0.355 e. The van der Waals surface area contributed by atoms with E-state index in [1.54, 1.807) is 42.5 Å². The molecule has 0 aliphatic rings. The van der Waals surface area contributed by atoms with Crippen LogP contribution >= 0.6 is 0 Å². The molecular weight excluding hydrogens is 344 g/mol. The van der Waals surface area contributed by atoms with Gasteiger partial charge in [-0.25, -0.2) is 4.79 Å². The molecule has 0 radical (unpaired) electrons. The molecule has 0 spiro atoms. The van der Waals surface area contributed by atoms with E-state index in [4.69, 9.17) is 0 Å². The number of carbonyl (C=O) groups is 3. The van der Waals surface area contributed by atoms with Crippen LogP contribution < -0.4 is 21.3 Å². The van der Waals surface area contributed by atoms with Gasteiger partial charge in [0.2, 0.25) is 5.91 Å². The molecule has 2 rings (SSSR count). The summed E-state index contributed by atoms with van der Waals surface area (Å²) in [5.74, 6) is -0.477. The first kappa shape index (κ1) is 20.0. The van der Waals surface area contributed by atoms with Crippen molar-refractivity contribution in [3.05, 3.63) is 59.7 Å². The number of hydrogen-bond donors (Lipinski definition) is 4. The molecule has 0 fully saturated rings. The Balaban J connectivity index is 1.95. The van der Waals surface area contributed by atoms with E-state index in [1.807, 2.05) is 19.9 Å². The number of carbonyl (C=O) groups excluding carboxylic acids is 3. The molecular formula is C20H24N4O3. The van der Waals surface area contributed by atoms with E-state index >= 15 is 0 Å². The molecule has 0 aromatic heterocycles. The molecule has 0 bridgehead atoms. The number of rotatable bonds is 7. The Morgan fingerprint density at radius 3 is 2.37 bits per heavy atom. The van der Waals surface area contributed by atoms with Crippen LogP contribution in [0.2, 0.25) is 0 Å². The van der Waals surface area contributed by atoms with E-state index in [1.165, 1.54) is 0 Å². The summed E-state index contributed by atoms with van der Waals surface area (Å²) in [4.78, 5) is 35.8. The number of amides is 4. The highest BCUT2D eigenvalue weighted by Gasteiger charge is 2.10. The third-order valence-corrected chi connectivity index (χ3v) is 3.76. The van der Waals surface area contributed by atoms with Crippen molar-refractivity contribution in [1.29, 1.82) is 0 Å². The molecule has 7 heteroatoms. The zero-order valence-corrected chi connectivity index (χ0v) is 15.5. The van der Waals surface area contributed by atoms with Crippen LogP contribution in [-0.2, 0) is 4.79 Å². The van der Waals surface area contributed by atoms with Gasteiger partial charge in [-0.15, -0.1) is 0 Å². The predicted molar refractivity (Wildman–Crippen MR) is 106 cm³/mol. The zero-order chi connectivity index (χ0) is 19.6. The highest BCUT2D eigenvalue weighted by Crippen LogP contribution is 2.20. The third-order valence-electron chi connectivity index (χ3n) is 3.76. The standard InChI is InChI=1S/C20H24N4O3/c1-3-11-21-18(25)13-22-20(27)24-17-12-16(10-9-14(17)2)23-19(26)15-7-5-4-6-8-15/h4-10,12H,3,11,13H2,1-2H3,(H,21,25)(H,23,26)(H2,22,24,27). The fourth-order valence-corrected chi connectivity index (χ4v) is 2.28. The molecule has 4 amide bonds. The van der Waals surface area contributed by atoms with Gasteiger partial charge >= 0.3 is 6.03 Å². The first-order chi connectivity index (χ1) is 13.0. The van der Waals surface area contributed by atoms with E-state index in [0.29, 0.717) is 23.5 Å². The Kier molecular flexibility index (Phi) is 7.37. The van der Waals surface area contributed by atoms with Gasteiger partial charge in [0.25, 0.3) is 5.91 Å². The van der Waals surface area contributed by atoms with Crippen molar-refractivity contribution in [2.45, 2.75) is 20.3 Å². The summed E-state index contributed by atoms with van der Waals surface area (Å²) in [6, 6.07) is 13.6. The number of aryl methyl sites for hydroxylation is 1. The third kappa shape index (κ3) is 6.47. The van der Waals surface area contributed by atoms with Gasteiger partial charge in [-0.3, -0.25) is 9.59 Å². The average Bonchev–Trinajstić information content (AvgIpc) is 2.68. The highest BCUT2D eigenvalue weighted by atomic mass is 16.2. The summed E-state index contributed by atoms with van der Waals surface area (Å²) in [5.41, 5.74) is 2.49. The minimum absolute atomic E-state index is 0.102. The van der Waals surface area contributed by atoms with Crippen molar-refractivity contribution in [2.75, 3.05) is 23.7 Å². The van der Waals surface area contributed by atoms with E-state index in [2.05, 4.69) is 21.3 Å². The van der Waals surface area contributed by atoms with Crippen LogP contribution in [0.15, 0.2) is 48.5 Å². The van der Waals surface area contributed by atoms with Crippen LogP contribution in [0, 0.1) is 6.92 Å². The summed E-state index contributed by atoms with van der Waals surface area (Å²) < 4.78 is 0. The normalized spacial score (nSPS) is 10.0. The molecule has 0 heterocycles. The molecule has 0 unspecified atom stereocenters. The van der Waals surface area contributed by atoms with Crippen molar-refractivity contribution >= 4 is 29.2 Å². The van der Waals surface area contributed by atoms with E-state index < -0.39 is 6.03 Å². The number of nitrogens with one attached hydrogen (secondary N) is 4. The Bertz CT molecular complexity index is 806. The maximum Gasteiger partial charge on any atom is 0.319 e. The van der Waals surface area contributed by atoms with Crippen molar-refractivity contribution in [2.24, 2.45) is 0 Å². The Hall–Kier alpha value is -3.35. The highest BCUT2D eigenvalue weighted by molar-refractivity contribution is 6.04. The lowest BCUT2D eigenvalue weighted by atomic mass is 10.1. The van der Waals surface area contributed by atoms with Gasteiger partial charge in [-0.1, -0.05) is 31.2 Å². The van der Waals surface area contributed by atoms with Gasteiger partial charge in [-0.2, -0.15) is 0 Å². The average molecular weight is 368 g/mol. The molecule has 7 nitrogen and oxygen atoms in total. The molecule has 0 saturated carbocycles. The molecule has 0 aliphatic heterocycles. The van der Waals surface area contributed by atoms with E-state index in [0.717, 1.165) is 12.0 Å². The van der Waals surface area contributed by atoms with E-state index in [-0.39, 0.29) is 18.4 Å². The molecule has 0 saturated heterocycles. The van der Waals surface area contributed by atoms with Gasteiger partial charge in [0, 0.05) is 23.5 Å². The Labute approximate surface area is 158 Å². The molecule has 2 aromatic rings. The van der Waals surface area contributed by atoms with Crippen LogP contribution in [-0.4, -0.2) is 30.9 Å². The van der Waals surface area contributed by atoms with Crippen LogP contribution in [0.5, 0.6) is 0 Å². The van der Waals surface area contributed by atoms with Crippen molar-refractivity contribution in [1.82, 2.24) is 10.6 Å². The molecule has 0 aliphatic carbocycles. The van der Waals surface area contributed by atoms with E-state index in [9.17, 15) is 14.4 Å². The second kappa shape index (κ2) is 9.96. The summed E-state index contributed by atoms with van der Waals surface area (Å²) in [5, 5.41) is 10.7. The number of anilines is 2. The molecule has 142 valence electrons. The fourth-order valence-electron chi connectivity index (χ4n) is 2.28. The molecule has 27 heavy (non-hydrogen) atoms. The van der Waals surface area contributed by atoms with Gasteiger partial charge in [0.1, 0.15) is 0 Å². The van der Waals surface area contributed by atoms with Crippen molar-refractivity contribution < 1.29 is 14.4 Å². The zero-order valence-electron chi connectivity index (χ0n) is 15.5. The van der Waals surface area contributed by atoms with Crippen molar-refractivity contribution in [3.63, 3.8) is 0 Å². The largest absolute Gasteiger partial charge is 0.355 e. The molecule has 2 aromatic carbocycles. The van der Waals surface area contributed by atoms with Crippen LogP contribution in [0.1, 0.15) is 29.3 Å². The van der Waals surface area contributed by atoms with Crippen LogP contribution in [0.3, 0.4) is 0 Å². The topological polar surface area (TPSA) is 99.3 Å². The maximum absolute atomic E-state index is 12.2. The first-order valence-corrected chi connectivity index (χ1v) is 8.78. The summed E-state index contributed by atoms with van der Waals surface area (Å²) in [6.07, 6.45) is 0.832. The second-order valence-corrected chi connectivity index (χ2v) is 6.01. The molecule has 4 N–H and O–H groups in total. The SMILES string of the molecule is CCCNC(=O)CNC(=O)Nc1cc(NC(=O)c2ccccc2)ccc1C. The monoisotopic (exact) mass is 368 g/mol. The van der Waals surface area contributed by atoms with Gasteiger partial charge in [-0.05, 0) is 43.2 Å². The van der Waals surface area contributed by atoms with Crippen molar-refractivity contribution in [3.8, 4) is 0 Å². The van der Waals surface area contributed by atoms with Gasteiger partial charge in [0.15, 0.2) is 0 Å². The first-order valence-electron chi connectivity index (χ1n) is 8.78. The lowest BCUT2D eigenvalue weighted by Crippen LogP contribution is -2.39. The summed E-state index contributed by atoms with van der Waals surface area (Å²) >= 11 is 0. The van der Waals surface area contributed by atoms with Crippen LogP contribution in [0.4, 0.5) is 16.2 Å². The minimum atomic E-state index is -0.490. The lowest BCUT2D eigenvalue weighted by molar-refractivity contribution is -0.120. The lowest BCUT2D eigenvalue weighted by Gasteiger charge is -2.12. The fraction of sp³-hybridized carbons (Fsp3) is 0.250. The number of urea groups is 1. The molecule has 0 atom stereocenters. The quantitative estimate of drug-likeness (QED) is 0.605. The van der Waals surface area contributed by atoms with Gasteiger partial charge in [0.05, 0.1) is 6.54 Å². The second-order valence-electron chi connectivity index (χ2n) is 6.01. The Morgan fingerprint density at radius 1 is 0.926 bits per heavy atom. The number of hydrogen-bond acceptors (Lipinski definition) is 3.